The van der Waals surface area contributed by atoms with E-state index in [1.165, 1.54) is 0 Å². The molecule has 0 saturated carbocycles. The van der Waals surface area contributed by atoms with E-state index in [9.17, 15) is 0 Å². The standard InChI is InChI=1S/C36H18Br12N3O6P3/c37-19-1-7-31(25(43)13-19)52-58(53-32-8-2-20(38)14-26(32)44)49-59(54-33-9-3-21(39)15-27(33)45,55-34-10-4-22(40)16-28(34)46)51-60(50-58,56-35-11-5-23(41)17-29(35)47)57-36-12-6-24(42)18-30(36)48/h1-18H. The van der Waals surface area contributed by atoms with Gasteiger partial charge in [-0.3, -0.25) is 0 Å². The molecule has 9 nitrogen and oxygen atoms in total. The summed E-state index contributed by atoms with van der Waals surface area (Å²) in [6, 6.07) is 32.4. The Kier molecular flexibility index (Phi) is 16.7. The molecule has 1 aliphatic rings. The molecule has 0 amide bonds. The minimum atomic E-state index is -4.24. The van der Waals surface area contributed by atoms with Gasteiger partial charge in [0.1, 0.15) is 34.5 Å². The van der Waals surface area contributed by atoms with Crippen LogP contribution in [-0.2, 0) is 0 Å². The summed E-state index contributed by atoms with van der Waals surface area (Å²) in [5.41, 5.74) is 0. The van der Waals surface area contributed by atoms with Crippen LogP contribution in [-0.4, -0.2) is 0 Å². The normalized spacial score (nSPS) is 14.8. The van der Waals surface area contributed by atoms with Crippen LogP contribution in [0.1, 0.15) is 0 Å². The fourth-order valence-corrected chi connectivity index (χ4v) is 21.5. The van der Waals surface area contributed by atoms with Crippen LogP contribution < -0.4 is 27.1 Å². The zero-order valence-corrected chi connectivity index (χ0v) is 50.8. The maximum atomic E-state index is 7.03. The summed E-state index contributed by atoms with van der Waals surface area (Å²) in [7, 11) is -12.7. The maximum absolute atomic E-state index is 7.03. The number of benzene rings is 6. The lowest BCUT2D eigenvalue weighted by atomic mass is 10.3. The monoisotopic (exact) mass is 1630 g/mol. The van der Waals surface area contributed by atoms with E-state index in [-0.39, 0.29) is 0 Å². The van der Waals surface area contributed by atoms with Crippen LogP contribution in [0, 0.1) is 0 Å². The van der Waals surface area contributed by atoms with Gasteiger partial charge in [0.2, 0.25) is 0 Å². The number of halogens is 12. The number of nitrogens with zero attached hydrogens (tertiary/aromatic N) is 3. The first-order valence-corrected chi connectivity index (χ1v) is 30.3. The smallest absolute Gasteiger partial charge is 0.412 e. The molecule has 1 heterocycles. The average Bonchev–Trinajstić information content (AvgIpc) is 3.16. The first-order valence-electron chi connectivity index (χ1n) is 16.2. The second-order valence-electron chi connectivity index (χ2n) is 11.7. The van der Waals surface area contributed by atoms with E-state index in [1.807, 2.05) is 72.8 Å². The molecule has 0 saturated heterocycles. The van der Waals surface area contributed by atoms with Crippen molar-refractivity contribution in [1.82, 2.24) is 0 Å². The minimum absolute atomic E-state index is 0.328. The zero-order chi connectivity index (χ0) is 43.0. The minimum Gasteiger partial charge on any atom is -0.412 e. The lowest BCUT2D eigenvalue weighted by molar-refractivity contribution is 0.440. The molecule has 0 atom stereocenters. The molecule has 0 unspecified atom stereocenters. The van der Waals surface area contributed by atoms with Gasteiger partial charge < -0.3 is 27.1 Å². The third kappa shape index (κ3) is 12.1. The van der Waals surface area contributed by atoms with Crippen LogP contribution in [0.5, 0.6) is 34.5 Å². The molecule has 0 fully saturated rings. The molecule has 6 aromatic carbocycles. The highest BCUT2D eigenvalue weighted by Gasteiger charge is 2.50. The van der Waals surface area contributed by atoms with Crippen molar-refractivity contribution in [1.29, 1.82) is 0 Å². The summed E-state index contributed by atoms with van der Waals surface area (Å²) in [5, 5.41) is 0. The van der Waals surface area contributed by atoms with E-state index < -0.39 is 23.0 Å². The zero-order valence-electron chi connectivity index (χ0n) is 29.1. The molecule has 0 N–H and O–H groups in total. The third-order valence-electron chi connectivity index (χ3n) is 7.35. The van der Waals surface area contributed by atoms with Crippen molar-refractivity contribution < 1.29 is 27.1 Å². The van der Waals surface area contributed by atoms with Crippen molar-refractivity contribution in [2.75, 3.05) is 0 Å². The Labute approximate surface area is 445 Å². The molecule has 1 aliphatic heterocycles. The molecule has 7 rings (SSSR count). The number of hydrogen-bond donors (Lipinski definition) is 0. The largest absolute Gasteiger partial charge is 0.460 e. The first kappa shape index (κ1) is 48.5. The van der Waals surface area contributed by atoms with E-state index >= 15 is 0 Å². The Balaban J connectivity index is 1.65. The van der Waals surface area contributed by atoms with Crippen molar-refractivity contribution >= 4 is 214 Å². The van der Waals surface area contributed by atoms with Crippen LogP contribution >= 0.6 is 214 Å². The van der Waals surface area contributed by atoms with Crippen molar-refractivity contribution in [2.24, 2.45) is 13.5 Å². The van der Waals surface area contributed by atoms with E-state index in [1.54, 1.807) is 36.4 Å². The lowest BCUT2D eigenvalue weighted by Gasteiger charge is -2.33. The molecule has 0 aliphatic carbocycles. The van der Waals surface area contributed by atoms with Gasteiger partial charge in [0.15, 0.2) is 0 Å². The summed E-state index contributed by atoms with van der Waals surface area (Å²) in [4.78, 5) is 0. The highest BCUT2D eigenvalue weighted by atomic mass is 79.9. The predicted octanol–water partition coefficient (Wildman–Crippen LogP) is 21.5. The Morgan fingerprint density at radius 3 is 0.533 bits per heavy atom. The van der Waals surface area contributed by atoms with Crippen molar-refractivity contribution in [3.63, 3.8) is 0 Å². The van der Waals surface area contributed by atoms with Crippen molar-refractivity contribution in [3.05, 3.63) is 163 Å². The van der Waals surface area contributed by atoms with Gasteiger partial charge in [0, 0.05) is 26.8 Å². The van der Waals surface area contributed by atoms with Gasteiger partial charge in [0.25, 0.3) is 0 Å². The number of hydrogen-bond acceptors (Lipinski definition) is 9. The third-order valence-corrected chi connectivity index (χ3v) is 22.1. The first-order chi connectivity index (χ1) is 28.4. The fourth-order valence-electron chi connectivity index (χ4n) is 4.82. The summed E-state index contributed by atoms with van der Waals surface area (Å²) in [6.07, 6.45) is 0. The molecule has 0 bridgehead atoms. The van der Waals surface area contributed by atoms with E-state index in [0.29, 0.717) is 61.3 Å². The molecule has 312 valence electrons. The van der Waals surface area contributed by atoms with Crippen molar-refractivity contribution in [3.8, 4) is 34.5 Å². The molecule has 6 aromatic rings. The van der Waals surface area contributed by atoms with E-state index in [4.69, 9.17) is 40.7 Å². The van der Waals surface area contributed by atoms with Gasteiger partial charge >= 0.3 is 23.0 Å². The molecular weight excluding hydrogens is 1620 g/mol. The Bertz CT molecular complexity index is 2360. The van der Waals surface area contributed by atoms with E-state index in [0.717, 1.165) is 26.8 Å². The maximum Gasteiger partial charge on any atom is 0.460 e. The van der Waals surface area contributed by atoms with Gasteiger partial charge in [-0.15, -0.1) is 0 Å². The summed E-state index contributed by atoms with van der Waals surface area (Å²) in [5.74, 6) is 1.97. The summed E-state index contributed by atoms with van der Waals surface area (Å²) >= 11 is 43.4. The second-order valence-corrected chi connectivity index (χ2v) is 28.5. The number of rotatable bonds is 12. The van der Waals surface area contributed by atoms with Crippen LogP contribution in [0.25, 0.3) is 0 Å². The Hall–Kier alpha value is 0.570. The molecular formula is C36H18Br12N3O6P3. The SMILES string of the molecule is Brc1ccc(OP2(Oc3ccc(Br)cc3Br)=NP(Oc3ccc(Br)cc3Br)(Oc3ccc(Br)cc3Br)=NP(Oc3ccc(Br)cc3Br)(Oc3ccc(Br)cc3Br)=N2)c(Br)c1. The van der Waals surface area contributed by atoms with Gasteiger partial charge in [-0.2, -0.15) is 0 Å². The van der Waals surface area contributed by atoms with Gasteiger partial charge in [-0.1, -0.05) is 109 Å². The van der Waals surface area contributed by atoms with Gasteiger partial charge in [0.05, 0.1) is 26.8 Å². The van der Waals surface area contributed by atoms with Crippen molar-refractivity contribution in [2.45, 2.75) is 0 Å². The van der Waals surface area contributed by atoms with Crippen LogP contribution in [0.2, 0.25) is 0 Å². The van der Waals surface area contributed by atoms with E-state index in [2.05, 4.69) is 191 Å². The molecule has 0 spiro atoms. The van der Waals surface area contributed by atoms with Gasteiger partial charge in [-0.05, 0) is 205 Å². The predicted molar refractivity (Wildman–Crippen MR) is 283 cm³/mol. The van der Waals surface area contributed by atoms with Crippen LogP contribution in [0.15, 0.2) is 176 Å². The summed E-state index contributed by atoms with van der Waals surface area (Å²) < 4.78 is 66.3. The topological polar surface area (TPSA) is 92.5 Å². The molecule has 60 heavy (non-hydrogen) atoms. The average molecular weight is 1640 g/mol. The van der Waals surface area contributed by atoms with Gasteiger partial charge in [-0.25, -0.2) is 0 Å². The Morgan fingerprint density at radius 1 is 0.250 bits per heavy atom. The Morgan fingerprint density at radius 2 is 0.400 bits per heavy atom. The highest BCUT2D eigenvalue weighted by Crippen LogP contribution is 2.79. The molecule has 0 aromatic heterocycles. The second kappa shape index (κ2) is 20.6. The lowest BCUT2D eigenvalue weighted by Crippen LogP contribution is -2.12. The molecule has 24 heteroatoms. The van der Waals surface area contributed by atoms with Crippen LogP contribution in [0.3, 0.4) is 0 Å². The fraction of sp³-hybridized carbons (Fsp3) is 0. The quantitative estimate of drug-likeness (QED) is 0.113. The highest BCUT2D eigenvalue weighted by molar-refractivity contribution is 9.12. The summed E-state index contributed by atoms with van der Waals surface area (Å²) in [6.45, 7) is 0. The molecule has 0 radical (unpaired) electrons. The van der Waals surface area contributed by atoms with Crippen LogP contribution in [0.4, 0.5) is 0 Å².